The highest BCUT2D eigenvalue weighted by atomic mass is 32.2. The first kappa shape index (κ1) is 26.5. The van der Waals surface area contributed by atoms with Gasteiger partial charge in [-0.1, -0.05) is 18.2 Å². The Morgan fingerprint density at radius 2 is 1.72 bits per heavy atom. The molecule has 1 aliphatic heterocycles. The number of benzene rings is 3. The molecule has 1 saturated heterocycles. The Kier molecular flexibility index (Phi) is 8.27. The second-order valence-electron chi connectivity index (χ2n) is 9.77. The van der Waals surface area contributed by atoms with Crippen molar-refractivity contribution in [2.75, 3.05) is 23.3 Å². The van der Waals surface area contributed by atoms with Crippen molar-refractivity contribution in [1.82, 2.24) is 4.98 Å². The summed E-state index contributed by atoms with van der Waals surface area (Å²) in [5, 5.41) is 12.4. The van der Waals surface area contributed by atoms with E-state index in [0.29, 0.717) is 11.3 Å². The predicted octanol–water partition coefficient (Wildman–Crippen LogP) is 7.29. The molecule has 3 aromatic carbocycles. The van der Waals surface area contributed by atoms with E-state index in [2.05, 4.69) is 27.3 Å². The fourth-order valence-corrected chi connectivity index (χ4v) is 5.67. The smallest absolute Gasteiger partial charge is 0.335 e. The Balaban J connectivity index is 1.36. The van der Waals surface area contributed by atoms with Crippen molar-refractivity contribution < 1.29 is 14.7 Å². The summed E-state index contributed by atoms with van der Waals surface area (Å²) in [5.41, 5.74) is 6.46. The molecule has 2 heterocycles. The number of hydrogen-bond acceptors (Lipinski definition) is 5. The lowest BCUT2D eigenvalue weighted by Gasteiger charge is -2.29. The molecule has 1 aromatic heterocycles. The molecule has 1 fully saturated rings. The Bertz CT molecular complexity index is 1500. The van der Waals surface area contributed by atoms with Gasteiger partial charge in [-0.2, -0.15) is 0 Å². The number of aryl methyl sites for hydroxylation is 1. The Hall–Kier alpha value is -4.10. The molecular formula is C32H31N3O3S. The topological polar surface area (TPSA) is 82.5 Å². The van der Waals surface area contributed by atoms with E-state index in [1.54, 1.807) is 42.2 Å². The lowest BCUT2D eigenvalue weighted by molar-refractivity contribution is 0.0696. The summed E-state index contributed by atoms with van der Waals surface area (Å²) in [6, 6.07) is 24.6. The van der Waals surface area contributed by atoms with Gasteiger partial charge in [0.1, 0.15) is 0 Å². The minimum atomic E-state index is -0.940. The molecule has 1 amide bonds. The van der Waals surface area contributed by atoms with Crippen molar-refractivity contribution >= 4 is 35.0 Å². The van der Waals surface area contributed by atoms with Gasteiger partial charge in [-0.15, -0.1) is 11.8 Å². The molecule has 6 nitrogen and oxygen atoms in total. The second-order valence-corrected chi connectivity index (χ2v) is 10.8. The molecule has 7 heteroatoms. The van der Waals surface area contributed by atoms with Crippen LogP contribution in [0.25, 0.3) is 11.3 Å². The number of amides is 1. The zero-order valence-electron chi connectivity index (χ0n) is 21.9. The van der Waals surface area contributed by atoms with Crippen molar-refractivity contribution in [2.24, 2.45) is 0 Å². The zero-order valence-corrected chi connectivity index (χ0v) is 22.7. The highest BCUT2D eigenvalue weighted by Gasteiger charge is 2.17. The van der Waals surface area contributed by atoms with Gasteiger partial charge in [-0.3, -0.25) is 9.78 Å². The van der Waals surface area contributed by atoms with Crippen LogP contribution in [-0.4, -0.2) is 35.1 Å². The maximum absolute atomic E-state index is 13.4. The first-order chi connectivity index (χ1) is 19.0. The Morgan fingerprint density at radius 3 is 2.51 bits per heavy atom. The summed E-state index contributed by atoms with van der Waals surface area (Å²) in [6.45, 7) is 4.12. The van der Waals surface area contributed by atoms with Gasteiger partial charge >= 0.3 is 5.97 Å². The number of piperidine rings is 1. The lowest BCUT2D eigenvalue weighted by atomic mass is 10.0. The van der Waals surface area contributed by atoms with Gasteiger partial charge in [0.05, 0.1) is 16.9 Å². The van der Waals surface area contributed by atoms with Gasteiger partial charge in [0.25, 0.3) is 5.91 Å². The molecule has 0 spiro atoms. The molecular weight excluding hydrogens is 506 g/mol. The fourth-order valence-electron chi connectivity index (χ4n) is 4.77. The molecule has 4 aromatic rings. The number of carbonyl (C=O) groups excluding carboxylic acids is 1. The number of pyridine rings is 1. The molecule has 198 valence electrons. The number of carbonyl (C=O) groups is 2. The number of thioether (sulfide) groups is 1. The van der Waals surface area contributed by atoms with Crippen LogP contribution in [0.1, 0.15) is 51.1 Å². The van der Waals surface area contributed by atoms with Gasteiger partial charge in [0.2, 0.25) is 0 Å². The monoisotopic (exact) mass is 537 g/mol. The summed E-state index contributed by atoms with van der Waals surface area (Å²) >= 11 is 1.56. The molecule has 5 rings (SSSR count). The molecule has 0 saturated carbocycles. The van der Waals surface area contributed by atoms with E-state index in [1.165, 1.54) is 19.3 Å². The molecule has 1 aliphatic rings. The molecule has 0 radical (unpaired) electrons. The summed E-state index contributed by atoms with van der Waals surface area (Å²) in [7, 11) is 0. The highest BCUT2D eigenvalue weighted by Crippen LogP contribution is 2.33. The number of aromatic carboxylic acids is 1. The quantitative estimate of drug-likeness (QED) is 0.230. The van der Waals surface area contributed by atoms with Crippen LogP contribution < -0.4 is 10.2 Å². The van der Waals surface area contributed by atoms with Crippen LogP contribution in [0.15, 0.2) is 90.0 Å². The minimum absolute atomic E-state index is 0.190. The predicted molar refractivity (Wildman–Crippen MR) is 158 cm³/mol. The van der Waals surface area contributed by atoms with E-state index in [4.69, 9.17) is 0 Å². The number of nitrogens with zero attached hydrogens (tertiary/aromatic N) is 2. The summed E-state index contributed by atoms with van der Waals surface area (Å²) in [6.07, 6.45) is 5.45. The van der Waals surface area contributed by atoms with Crippen LogP contribution in [0.2, 0.25) is 0 Å². The van der Waals surface area contributed by atoms with Crippen LogP contribution in [0, 0.1) is 6.92 Å². The number of hydrogen-bond donors (Lipinski definition) is 2. The molecule has 39 heavy (non-hydrogen) atoms. The highest BCUT2D eigenvalue weighted by molar-refractivity contribution is 7.98. The van der Waals surface area contributed by atoms with E-state index in [0.717, 1.165) is 51.7 Å². The minimum Gasteiger partial charge on any atom is -0.478 e. The van der Waals surface area contributed by atoms with Gasteiger partial charge in [-0.05, 0) is 98.0 Å². The molecule has 2 N–H and O–H groups in total. The van der Waals surface area contributed by atoms with E-state index < -0.39 is 5.97 Å². The molecule has 0 aliphatic carbocycles. The largest absolute Gasteiger partial charge is 0.478 e. The number of nitrogens with one attached hydrogen (secondary N) is 1. The second kappa shape index (κ2) is 12.2. The van der Waals surface area contributed by atoms with Crippen molar-refractivity contribution in [3.05, 3.63) is 107 Å². The first-order valence-corrected chi connectivity index (χ1v) is 14.1. The van der Waals surface area contributed by atoms with Gasteiger partial charge in [-0.25, -0.2) is 4.79 Å². The summed E-state index contributed by atoms with van der Waals surface area (Å²) in [4.78, 5) is 32.6. The number of carboxylic acids is 1. The lowest BCUT2D eigenvalue weighted by Crippen LogP contribution is -2.29. The van der Waals surface area contributed by atoms with Gasteiger partial charge in [0, 0.05) is 46.7 Å². The van der Waals surface area contributed by atoms with Gasteiger partial charge < -0.3 is 15.3 Å². The van der Waals surface area contributed by atoms with Crippen LogP contribution in [0.4, 0.5) is 11.4 Å². The van der Waals surface area contributed by atoms with E-state index in [9.17, 15) is 14.7 Å². The maximum atomic E-state index is 13.4. The Morgan fingerprint density at radius 1 is 0.923 bits per heavy atom. The number of aromatic nitrogens is 1. The average Bonchev–Trinajstić information content (AvgIpc) is 2.97. The van der Waals surface area contributed by atoms with E-state index in [-0.39, 0.29) is 11.5 Å². The van der Waals surface area contributed by atoms with Crippen LogP contribution in [-0.2, 0) is 5.75 Å². The molecule has 0 atom stereocenters. The normalized spacial score (nSPS) is 13.2. The third-order valence-electron chi connectivity index (χ3n) is 6.84. The van der Waals surface area contributed by atoms with Crippen molar-refractivity contribution in [2.45, 2.75) is 36.8 Å². The van der Waals surface area contributed by atoms with Crippen molar-refractivity contribution in [3.8, 4) is 11.3 Å². The average molecular weight is 538 g/mol. The standard InChI is InChI=1S/C32H31N3O3S/c1-22-13-14-33-30(17-22)28-20-26(35-15-3-2-4-16-35)11-12-29(28)34-31(36)24-8-6-10-27(19-24)39-21-23-7-5-9-25(18-23)32(37)38/h5-14,17-20H,2-4,15-16,21H2,1H3,(H,34,36)(H,37,38). The SMILES string of the molecule is Cc1ccnc(-c2cc(N3CCCCC3)ccc2NC(=O)c2cccc(SCc3cccc(C(=O)O)c3)c2)c1. The third kappa shape index (κ3) is 6.67. The zero-order chi connectivity index (χ0) is 27.2. The number of anilines is 2. The molecule has 0 unspecified atom stereocenters. The molecule has 0 bridgehead atoms. The third-order valence-corrected chi connectivity index (χ3v) is 7.90. The van der Waals surface area contributed by atoms with Crippen molar-refractivity contribution in [3.63, 3.8) is 0 Å². The number of rotatable bonds is 8. The summed E-state index contributed by atoms with van der Waals surface area (Å²) in [5.74, 6) is -0.525. The van der Waals surface area contributed by atoms with E-state index in [1.807, 2.05) is 49.4 Å². The van der Waals surface area contributed by atoms with Crippen LogP contribution in [0.5, 0.6) is 0 Å². The summed E-state index contributed by atoms with van der Waals surface area (Å²) < 4.78 is 0. The first-order valence-electron chi connectivity index (χ1n) is 13.1. The van der Waals surface area contributed by atoms with Crippen LogP contribution in [0.3, 0.4) is 0 Å². The maximum Gasteiger partial charge on any atom is 0.335 e. The Labute approximate surface area is 233 Å². The van der Waals surface area contributed by atoms with E-state index >= 15 is 0 Å². The number of carboxylic acid groups (broad SMARTS) is 1. The fraction of sp³-hybridized carbons (Fsp3) is 0.219. The van der Waals surface area contributed by atoms with Crippen LogP contribution >= 0.6 is 11.8 Å². The van der Waals surface area contributed by atoms with Gasteiger partial charge in [0.15, 0.2) is 0 Å². The van der Waals surface area contributed by atoms with Crippen molar-refractivity contribution in [1.29, 1.82) is 0 Å².